The highest BCUT2D eigenvalue weighted by molar-refractivity contribution is 6.64. The number of urea groups is 1. The molecule has 0 N–H and O–H groups in total. The van der Waals surface area contributed by atoms with Gasteiger partial charge in [0.05, 0.1) is 6.54 Å². The summed E-state index contributed by atoms with van der Waals surface area (Å²) >= 11 is 4.97. The average molecular weight is 147 g/mol. The van der Waals surface area contributed by atoms with Gasteiger partial charge in [-0.25, -0.2) is 14.7 Å². The molecule has 1 heterocycles. The molecule has 3 amide bonds. The topological polar surface area (TPSA) is 49.7 Å². The molecule has 0 spiro atoms. The molecule has 0 aromatic carbocycles. The summed E-state index contributed by atoms with van der Waals surface area (Å²) in [7, 11) is 0. The van der Waals surface area contributed by atoms with Crippen molar-refractivity contribution >= 4 is 29.2 Å². The van der Waals surface area contributed by atoms with Crippen LogP contribution in [0.4, 0.5) is 9.59 Å². The van der Waals surface area contributed by atoms with Gasteiger partial charge < -0.3 is 0 Å². The molecule has 0 radical (unpaired) electrons. The van der Waals surface area contributed by atoms with Crippen molar-refractivity contribution in [3.8, 4) is 0 Å². The quantitative estimate of drug-likeness (QED) is 0.376. The number of aliphatic imine (C=N–C) groups is 1. The molecule has 1 rings (SSSR count). The Bertz CT molecular complexity index is 189. The molecule has 0 saturated carbocycles. The average Bonchev–Trinajstić information content (AvgIpc) is 2.13. The van der Waals surface area contributed by atoms with Gasteiger partial charge in [0.25, 0.3) is 0 Å². The summed E-state index contributed by atoms with van der Waals surface area (Å²) in [4.78, 5) is 24.8. The number of nitrogens with zero attached hydrogens (tertiary/aromatic N) is 2. The minimum Gasteiger partial charge on any atom is -0.255 e. The van der Waals surface area contributed by atoms with Crippen LogP contribution in [0.25, 0.3) is 0 Å². The highest BCUT2D eigenvalue weighted by Gasteiger charge is 2.21. The van der Waals surface area contributed by atoms with E-state index in [9.17, 15) is 9.59 Å². The molecule has 0 atom stereocenters. The van der Waals surface area contributed by atoms with E-state index in [0.29, 0.717) is 0 Å². The van der Waals surface area contributed by atoms with Crippen molar-refractivity contribution in [1.82, 2.24) is 4.90 Å². The van der Waals surface area contributed by atoms with Gasteiger partial charge in [-0.3, -0.25) is 4.79 Å². The fourth-order valence-electron chi connectivity index (χ4n) is 0.495. The summed E-state index contributed by atoms with van der Waals surface area (Å²) in [5.41, 5.74) is 0. The number of carbonyl (C=O) groups excluding carboxylic acids is 2. The van der Waals surface area contributed by atoms with Gasteiger partial charge in [-0.15, -0.1) is 0 Å². The van der Waals surface area contributed by atoms with Crippen LogP contribution in [0, 0.1) is 0 Å². The monoisotopic (exact) mass is 146 g/mol. The van der Waals surface area contributed by atoms with E-state index >= 15 is 0 Å². The first kappa shape index (κ1) is 6.22. The number of hydrogen-bond donors (Lipinski definition) is 0. The van der Waals surface area contributed by atoms with Crippen molar-refractivity contribution in [2.75, 3.05) is 6.54 Å². The first-order valence-electron chi connectivity index (χ1n) is 2.25. The zero-order chi connectivity index (χ0) is 6.85. The van der Waals surface area contributed by atoms with Crippen molar-refractivity contribution in [3.63, 3.8) is 0 Å². The molecule has 0 bridgehead atoms. The van der Waals surface area contributed by atoms with Crippen molar-refractivity contribution in [2.24, 2.45) is 4.99 Å². The largest absolute Gasteiger partial charge is 0.351 e. The number of halogens is 1. The van der Waals surface area contributed by atoms with Crippen molar-refractivity contribution < 1.29 is 9.59 Å². The molecule has 9 heavy (non-hydrogen) atoms. The highest BCUT2D eigenvalue weighted by atomic mass is 35.5. The van der Waals surface area contributed by atoms with Crippen LogP contribution in [0.1, 0.15) is 0 Å². The van der Waals surface area contributed by atoms with Crippen LogP contribution in [0.5, 0.6) is 0 Å². The van der Waals surface area contributed by atoms with Crippen LogP contribution in [-0.4, -0.2) is 29.1 Å². The Kier molecular flexibility index (Phi) is 1.48. The standard InChI is InChI=1S/C4H3ClN2O2/c5-3(8)7-2-1-6-4(7)9/h1H,2H2. The molecule has 0 aromatic rings. The molecule has 0 aliphatic carbocycles. The second-order valence-corrected chi connectivity index (χ2v) is 1.78. The van der Waals surface area contributed by atoms with Gasteiger partial charge in [-0.2, -0.15) is 0 Å². The van der Waals surface area contributed by atoms with Gasteiger partial charge in [0, 0.05) is 6.21 Å². The molecule has 1 aliphatic rings. The predicted octanol–water partition coefficient (Wildman–Crippen LogP) is 0.852. The minimum absolute atomic E-state index is 0.196. The van der Waals surface area contributed by atoms with Crippen molar-refractivity contribution in [2.45, 2.75) is 0 Å². The molecular weight excluding hydrogens is 144 g/mol. The summed E-state index contributed by atoms with van der Waals surface area (Å²) in [5, 5.41) is -0.780. The van der Waals surface area contributed by atoms with Crippen LogP contribution in [0.3, 0.4) is 0 Å². The van der Waals surface area contributed by atoms with E-state index in [1.54, 1.807) is 0 Å². The fraction of sp³-hybridized carbons (Fsp3) is 0.250. The van der Waals surface area contributed by atoms with Gasteiger partial charge in [-0.1, -0.05) is 0 Å². The van der Waals surface area contributed by atoms with Crippen LogP contribution < -0.4 is 0 Å². The van der Waals surface area contributed by atoms with E-state index in [-0.39, 0.29) is 6.54 Å². The van der Waals surface area contributed by atoms with Gasteiger partial charge in [0.2, 0.25) is 0 Å². The summed E-state index contributed by atoms with van der Waals surface area (Å²) in [5.74, 6) is 0. The molecule has 0 aromatic heterocycles. The molecule has 0 saturated heterocycles. The molecule has 0 fully saturated rings. The summed E-state index contributed by atoms with van der Waals surface area (Å²) in [6, 6.07) is -0.588. The van der Waals surface area contributed by atoms with Gasteiger partial charge in [0.15, 0.2) is 0 Å². The summed E-state index contributed by atoms with van der Waals surface area (Å²) in [6.45, 7) is 0.196. The number of hydrogen-bond acceptors (Lipinski definition) is 2. The Balaban J connectivity index is 2.66. The summed E-state index contributed by atoms with van der Waals surface area (Å²) < 4.78 is 0. The number of carbonyl (C=O) groups is 2. The lowest BCUT2D eigenvalue weighted by Crippen LogP contribution is -2.26. The molecule has 5 heteroatoms. The highest BCUT2D eigenvalue weighted by Crippen LogP contribution is 2.02. The van der Waals surface area contributed by atoms with Crippen LogP contribution in [0.2, 0.25) is 0 Å². The first-order valence-corrected chi connectivity index (χ1v) is 2.63. The maximum absolute atomic E-state index is 10.4. The van der Waals surface area contributed by atoms with E-state index in [1.165, 1.54) is 6.21 Å². The lowest BCUT2D eigenvalue weighted by molar-refractivity contribution is 0.214. The Labute approximate surface area is 56.1 Å². The second-order valence-electron chi connectivity index (χ2n) is 1.46. The van der Waals surface area contributed by atoms with Crippen molar-refractivity contribution in [3.05, 3.63) is 0 Å². The van der Waals surface area contributed by atoms with E-state index in [1.807, 2.05) is 0 Å². The Morgan fingerprint density at radius 1 is 1.89 bits per heavy atom. The van der Waals surface area contributed by atoms with Gasteiger partial charge in [0.1, 0.15) is 0 Å². The third-order valence-corrected chi connectivity index (χ3v) is 1.11. The number of amides is 3. The van der Waals surface area contributed by atoms with E-state index in [2.05, 4.69) is 4.99 Å². The van der Waals surface area contributed by atoms with E-state index in [0.717, 1.165) is 4.90 Å². The normalized spacial score (nSPS) is 17.0. The molecule has 0 unspecified atom stereocenters. The maximum Gasteiger partial charge on any atom is 0.351 e. The lowest BCUT2D eigenvalue weighted by Gasteiger charge is -2.03. The SMILES string of the molecule is O=C(Cl)N1CC=NC1=O. The fourth-order valence-corrected chi connectivity index (χ4v) is 0.637. The minimum atomic E-state index is -0.780. The van der Waals surface area contributed by atoms with Gasteiger partial charge >= 0.3 is 11.4 Å². The smallest absolute Gasteiger partial charge is 0.255 e. The Hall–Kier alpha value is -0.900. The number of rotatable bonds is 0. The Morgan fingerprint density at radius 3 is 2.78 bits per heavy atom. The van der Waals surface area contributed by atoms with Gasteiger partial charge in [-0.05, 0) is 11.6 Å². The molecular formula is C4H3ClN2O2. The maximum atomic E-state index is 10.4. The molecule has 4 nitrogen and oxygen atoms in total. The third-order valence-electron chi connectivity index (χ3n) is 0.909. The predicted molar refractivity (Wildman–Crippen MR) is 31.8 cm³/mol. The van der Waals surface area contributed by atoms with Crippen LogP contribution in [-0.2, 0) is 0 Å². The number of imide groups is 1. The Morgan fingerprint density at radius 2 is 2.56 bits per heavy atom. The molecule has 1 aliphatic heterocycles. The van der Waals surface area contributed by atoms with E-state index in [4.69, 9.17) is 11.6 Å². The lowest BCUT2D eigenvalue weighted by atomic mass is 10.7. The zero-order valence-electron chi connectivity index (χ0n) is 4.37. The summed E-state index contributed by atoms with van der Waals surface area (Å²) in [6.07, 6.45) is 1.34. The second kappa shape index (κ2) is 2.14. The first-order chi connectivity index (χ1) is 4.22. The van der Waals surface area contributed by atoms with E-state index < -0.39 is 11.4 Å². The third kappa shape index (κ3) is 1.08. The van der Waals surface area contributed by atoms with Crippen molar-refractivity contribution in [1.29, 1.82) is 0 Å². The van der Waals surface area contributed by atoms with Crippen LogP contribution in [0.15, 0.2) is 4.99 Å². The van der Waals surface area contributed by atoms with Crippen LogP contribution >= 0.6 is 11.6 Å². The zero-order valence-corrected chi connectivity index (χ0v) is 5.13. The molecule has 48 valence electrons.